The Morgan fingerprint density at radius 2 is 1.93 bits per heavy atom. The van der Waals surface area contributed by atoms with Crippen molar-refractivity contribution in [3.05, 3.63) is 23.2 Å². The Kier molecular flexibility index (Phi) is 3.59. The lowest BCUT2D eigenvalue weighted by Crippen LogP contribution is -2.32. The number of nitrogens with zero attached hydrogens (tertiary/aromatic N) is 3. The second-order valence-electron chi connectivity index (χ2n) is 4.04. The van der Waals surface area contributed by atoms with E-state index in [1.54, 1.807) is 0 Å². The molecule has 3 nitrogen and oxygen atoms in total. The summed E-state index contributed by atoms with van der Waals surface area (Å²) in [6.45, 7) is 1.97. The van der Waals surface area contributed by atoms with Gasteiger partial charge in [-0.1, -0.05) is 0 Å². The van der Waals surface area contributed by atoms with Gasteiger partial charge in [-0.15, -0.1) is 0 Å². The van der Waals surface area contributed by atoms with E-state index < -0.39 is 0 Å². The maximum atomic E-state index is 5.70. The van der Waals surface area contributed by atoms with Gasteiger partial charge in [0, 0.05) is 12.4 Å². The maximum absolute atomic E-state index is 5.70. The van der Waals surface area contributed by atoms with E-state index in [-0.39, 0.29) is 0 Å². The molecule has 15 heavy (non-hydrogen) atoms. The fraction of sp³-hybridized carbons (Fsp3) is 0.600. The predicted molar refractivity (Wildman–Crippen MR) is 60.8 cm³/mol. The van der Waals surface area contributed by atoms with E-state index in [4.69, 9.17) is 19.6 Å². The SMILES string of the molecule is [B]N1CCC(Cc2cnc(Cl)nc2)CC1. The molecule has 1 saturated heterocycles. The third-order valence-corrected chi connectivity index (χ3v) is 3.04. The number of halogens is 1. The second kappa shape index (κ2) is 4.95. The van der Waals surface area contributed by atoms with Crippen molar-refractivity contribution in [2.45, 2.75) is 19.3 Å². The summed E-state index contributed by atoms with van der Waals surface area (Å²) >= 11 is 5.63. The Balaban J connectivity index is 1.89. The van der Waals surface area contributed by atoms with E-state index in [0.29, 0.717) is 11.2 Å². The molecule has 1 aromatic rings. The molecule has 2 radical (unpaired) electrons. The molecule has 2 rings (SSSR count). The highest BCUT2D eigenvalue weighted by atomic mass is 35.5. The second-order valence-corrected chi connectivity index (χ2v) is 4.38. The first kappa shape index (κ1) is 10.9. The third-order valence-electron chi connectivity index (χ3n) is 2.85. The molecule has 1 aromatic heterocycles. The number of aromatic nitrogens is 2. The summed E-state index contributed by atoms with van der Waals surface area (Å²) in [5.74, 6) is 0.703. The van der Waals surface area contributed by atoms with Crippen LogP contribution >= 0.6 is 11.6 Å². The summed E-state index contributed by atoms with van der Waals surface area (Å²) in [6.07, 6.45) is 6.96. The van der Waals surface area contributed by atoms with Gasteiger partial charge in [0.15, 0.2) is 7.98 Å². The maximum Gasteiger partial charge on any atom is 0.222 e. The molecule has 5 heteroatoms. The molecular weight excluding hydrogens is 208 g/mol. The molecule has 0 N–H and O–H groups in total. The molecule has 0 aliphatic carbocycles. The summed E-state index contributed by atoms with van der Waals surface area (Å²) in [5.41, 5.74) is 1.16. The molecule has 0 amide bonds. The van der Waals surface area contributed by atoms with Gasteiger partial charge in [0.25, 0.3) is 0 Å². The van der Waals surface area contributed by atoms with Crippen molar-refractivity contribution < 1.29 is 0 Å². The lowest BCUT2D eigenvalue weighted by Gasteiger charge is -2.29. The van der Waals surface area contributed by atoms with Gasteiger partial charge in [-0.05, 0) is 55.4 Å². The topological polar surface area (TPSA) is 29.0 Å². The van der Waals surface area contributed by atoms with Crippen molar-refractivity contribution in [2.75, 3.05) is 13.1 Å². The number of rotatable bonds is 2. The van der Waals surface area contributed by atoms with Gasteiger partial charge < -0.3 is 4.81 Å². The summed E-state index contributed by atoms with van der Waals surface area (Å²) in [7, 11) is 5.70. The van der Waals surface area contributed by atoms with Gasteiger partial charge in [0.1, 0.15) is 0 Å². The first-order valence-electron chi connectivity index (χ1n) is 5.20. The van der Waals surface area contributed by atoms with Crippen LogP contribution in [-0.2, 0) is 6.42 Å². The van der Waals surface area contributed by atoms with Gasteiger partial charge in [0.2, 0.25) is 5.28 Å². The highest BCUT2D eigenvalue weighted by molar-refractivity contribution is 6.28. The fourth-order valence-corrected chi connectivity index (χ4v) is 2.03. The molecule has 0 spiro atoms. The van der Waals surface area contributed by atoms with E-state index in [2.05, 4.69) is 9.97 Å². The summed E-state index contributed by atoms with van der Waals surface area (Å²) in [4.78, 5) is 9.84. The van der Waals surface area contributed by atoms with E-state index in [9.17, 15) is 0 Å². The van der Waals surface area contributed by atoms with Crippen LogP contribution in [0.1, 0.15) is 18.4 Å². The van der Waals surface area contributed by atoms with Crippen LogP contribution in [0.2, 0.25) is 5.28 Å². The Morgan fingerprint density at radius 1 is 1.33 bits per heavy atom. The highest BCUT2D eigenvalue weighted by Crippen LogP contribution is 2.20. The van der Waals surface area contributed by atoms with Crippen LogP contribution in [0.3, 0.4) is 0 Å². The Hall–Kier alpha value is -0.605. The summed E-state index contributed by atoms with van der Waals surface area (Å²) < 4.78 is 0. The number of piperidine rings is 1. The van der Waals surface area contributed by atoms with Crippen molar-refractivity contribution in [3.8, 4) is 0 Å². The van der Waals surface area contributed by atoms with Crippen molar-refractivity contribution in [2.24, 2.45) is 5.92 Å². The zero-order valence-corrected chi connectivity index (χ0v) is 9.32. The van der Waals surface area contributed by atoms with Crippen molar-refractivity contribution in [1.82, 2.24) is 14.8 Å². The van der Waals surface area contributed by atoms with Crippen LogP contribution in [0, 0.1) is 5.92 Å². The molecule has 0 aromatic carbocycles. The summed E-state index contributed by atoms with van der Waals surface area (Å²) in [5, 5.41) is 0.315. The van der Waals surface area contributed by atoms with Crippen LogP contribution in [0.25, 0.3) is 0 Å². The summed E-state index contributed by atoms with van der Waals surface area (Å²) in [6, 6.07) is 0. The van der Waals surface area contributed by atoms with Crippen molar-refractivity contribution in [3.63, 3.8) is 0 Å². The number of hydrogen-bond acceptors (Lipinski definition) is 3. The average Bonchev–Trinajstić information content (AvgIpc) is 2.25. The zero-order valence-electron chi connectivity index (χ0n) is 8.56. The average molecular weight is 221 g/mol. The van der Waals surface area contributed by atoms with Gasteiger partial charge in [-0.3, -0.25) is 0 Å². The van der Waals surface area contributed by atoms with E-state index in [1.165, 1.54) is 0 Å². The Labute approximate surface area is 96.3 Å². The first-order valence-corrected chi connectivity index (χ1v) is 5.58. The monoisotopic (exact) mass is 221 g/mol. The van der Waals surface area contributed by atoms with Crippen LogP contribution in [0.5, 0.6) is 0 Å². The highest BCUT2D eigenvalue weighted by Gasteiger charge is 2.16. The molecule has 0 atom stereocenters. The largest absolute Gasteiger partial charge is 0.353 e. The minimum absolute atomic E-state index is 0.315. The van der Waals surface area contributed by atoms with E-state index in [1.807, 2.05) is 17.2 Å². The van der Waals surface area contributed by atoms with Gasteiger partial charge in [0.05, 0.1) is 0 Å². The first-order chi connectivity index (χ1) is 7.24. The van der Waals surface area contributed by atoms with Gasteiger partial charge in [-0.2, -0.15) is 0 Å². The van der Waals surface area contributed by atoms with Gasteiger partial charge >= 0.3 is 0 Å². The molecule has 0 bridgehead atoms. The van der Waals surface area contributed by atoms with Crippen molar-refractivity contribution >= 4 is 19.6 Å². The van der Waals surface area contributed by atoms with E-state index >= 15 is 0 Å². The van der Waals surface area contributed by atoms with Crippen molar-refractivity contribution in [1.29, 1.82) is 0 Å². The van der Waals surface area contributed by atoms with Crippen LogP contribution in [-0.4, -0.2) is 35.8 Å². The molecule has 1 aliphatic heterocycles. The fourth-order valence-electron chi connectivity index (χ4n) is 1.93. The molecule has 2 heterocycles. The van der Waals surface area contributed by atoms with Gasteiger partial charge in [-0.25, -0.2) is 9.97 Å². The minimum Gasteiger partial charge on any atom is -0.353 e. The Morgan fingerprint density at radius 3 is 2.53 bits per heavy atom. The van der Waals surface area contributed by atoms with Crippen LogP contribution < -0.4 is 0 Å². The zero-order chi connectivity index (χ0) is 10.7. The normalized spacial score (nSPS) is 19.3. The lowest BCUT2D eigenvalue weighted by atomic mass is 9.90. The quantitative estimate of drug-likeness (QED) is 0.559. The Bertz CT molecular complexity index is 309. The third kappa shape index (κ3) is 3.18. The lowest BCUT2D eigenvalue weighted by molar-refractivity contribution is 0.281. The minimum atomic E-state index is 0.315. The number of hydrogen-bond donors (Lipinski definition) is 0. The predicted octanol–water partition coefficient (Wildman–Crippen LogP) is 1.47. The molecule has 0 saturated carbocycles. The smallest absolute Gasteiger partial charge is 0.222 e. The van der Waals surface area contributed by atoms with E-state index in [0.717, 1.165) is 37.9 Å². The molecule has 78 valence electrons. The van der Waals surface area contributed by atoms with Crippen LogP contribution in [0.15, 0.2) is 12.4 Å². The molecular formula is C10H13BClN3. The molecule has 0 unspecified atom stereocenters. The standard InChI is InChI=1S/C10H13BClN3/c11-15-3-1-8(2-4-15)5-9-6-13-10(12)14-7-9/h6-8H,1-5H2. The molecule has 1 fully saturated rings. The molecule has 1 aliphatic rings. The van der Waals surface area contributed by atoms with Crippen LogP contribution in [0.4, 0.5) is 0 Å².